The van der Waals surface area contributed by atoms with Crippen LogP contribution in [0.4, 0.5) is 4.79 Å². The van der Waals surface area contributed by atoms with Crippen LogP contribution in [0.15, 0.2) is 54.9 Å². The Kier molecular flexibility index (Phi) is 12.4. The van der Waals surface area contributed by atoms with E-state index in [4.69, 9.17) is 0 Å². The number of hydrogen-bond donors (Lipinski definition) is 5. The van der Waals surface area contributed by atoms with Crippen molar-refractivity contribution < 1.29 is 24.0 Å². The van der Waals surface area contributed by atoms with Gasteiger partial charge in [-0.05, 0) is 49.8 Å². The van der Waals surface area contributed by atoms with Crippen molar-refractivity contribution in [3.05, 3.63) is 66.0 Å². The molecule has 5 atom stereocenters. The Morgan fingerprint density at radius 2 is 1.86 bits per heavy atom. The van der Waals surface area contributed by atoms with Crippen molar-refractivity contribution in [3.63, 3.8) is 0 Å². The molecule has 1 aromatic heterocycles. The van der Waals surface area contributed by atoms with E-state index in [1.807, 2.05) is 42.1 Å². The van der Waals surface area contributed by atoms with E-state index in [2.05, 4.69) is 31.6 Å². The molecule has 1 aromatic carbocycles. The van der Waals surface area contributed by atoms with Crippen molar-refractivity contribution in [1.82, 2.24) is 31.6 Å². The number of rotatable bonds is 17. The quantitative estimate of drug-likeness (QED) is 0.105. The second kappa shape index (κ2) is 16.6. The predicted octanol–water partition coefficient (Wildman–Crippen LogP) is 2.12. The highest BCUT2D eigenvalue weighted by Crippen LogP contribution is 2.33. The molecule has 12 heteroatoms. The van der Waals surface area contributed by atoms with Gasteiger partial charge in [0, 0.05) is 42.8 Å². The van der Waals surface area contributed by atoms with E-state index >= 15 is 0 Å². The molecule has 2 saturated heterocycles. The van der Waals surface area contributed by atoms with E-state index in [-0.39, 0.29) is 30.4 Å². The van der Waals surface area contributed by atoms with Gasteiger partial charge in [0.1, 0.15) is 12.3 Å². The first-order chi connectivity index (χ1) is 20.9. The molecule has 2 aromatic rings. The van der Waals surface area contributed by atoms with E-state index in [1.54, 1.807) is 18.3 Å². The molecular formula is C31H40N6O5S. The number of amides is 5. The number of nitrogens with one attached hydrogen (secondary N) is 5. The Morgan fingerprint density at radius 1 is 1.02 bits per heavy atom. The van der Waals surface area contributed by atoms with Gasteiger partial charge in [-0.3, -0.25) is 19.4 Å². The van der Waals surface area contributed by atoms with Gasteiger partial charge in [0.2, 0.25) is 11.8 Å². The summed E-state index contributed by atoms with van der Waals surface area (Å²) < 4.78 is 0. The third-order valence-electron chi connectivity index (χ3n) is 7.66. The van der Waals surface area contributed by atoms with Crippen molar-refractivity contribution >= 4 is 41.8 Å². The summed E-state index contributed by atoms with van der Waals surface area (Å²) in [4.78, 5) is 65.4. The van der Waals surface area contributed by atoms with Crippen LogP contribution in [-0.2, 0) is 20.8 Å². The average molecular weight is 609 g/mol. The number of nitrogens with zero attached hydrogens (tertiary/aromatic N) is 1. The van der Waals surface area contributed by atoms with Crippen molar-refractivity contribution in [1.29, 1.82) is 0 Å². The number of pyridine rings is 1. The molecule has 0 spiro atoms. The van der Waals surface area contributed by atoms with E-state index < -0.39 is 23.9 Å². The summed E-state index contributed by atoms with van der Waals surface area (Å²) in [5.74, 6) is 0.0687. The maximum atomic E-state index is 13.2. The van der Waals surface area contributed by atoms with Gasteiger partial charge in [-0.25, -0.2) is 4.79 Å². The fourth-order valence-corrected chi connectivity index (χ4v) is 6.88. The molecule has 230 valence electrons. The number of fused-ring (bicyclic) bond motifs is 1. The fourth-order valence-electron chi connectivity index (χ4n) is 5.33. The highest BCUT2D eigenvalue weighted by Gasteiger charge is 2.42. The molecule has 2 fully saturated rings. The van der Waals surface area contributed by atoms with Crippen molar-refractivity contribution in [2.45, 2.75) is 80.8 Å². The van der Waals surface area contributed by atoms with E-state index in [9.17, 15) is 24.0 Å². The van der Waals surface area contributed by atoms with Crippen molar-refractivity contribution in [2.75, 3.05) is 12.3 Å². The second-order valence-electron chi connectivity index (χ2n) is 10.9. The van der Waals surface area contributed by atoms with Crippen LogP contribution in [0.2, 0.25) is 0 Å². The molecule has 11 nitrogen and oxygen atoms in total. The van der Waals surface area contributed by atoms with Gasteiger partial charge in [-0.15, -0.1) is 0 Å². The van der Waals surface area contributed by atoms with Crippen LogP contribution in [0.25, 0.3) is 0 Å². The van der Waals surface area contributed by atoms with Crippen LogP contribution in [0.3, 0.4) is 0 Å². The Balaban J connectivity index is 1.13. The highest BCUT2D eigenvalue weighted by molar-refractivity contribution is 8.00. The van der Waals surface area contributed by atoms with Gasteiger partial charge < -0.3 is 31.4 Å². The number of carbonyl (C=O) groups excluding carboxylic acids is 5. The summed E-state index contributed by atoms with van der Waals surface area (Å²) in [7, 11) is 0. The summed E-state index contributed by atoms with van der Waals surface area (Å²) in [6, 6.07) is 11.3. The number of aromatic nitrogens is 1. The Morgan fingerprint density at radius 3 is 2.63 bits per heavy atom. The van der Waals surface area contributed by atoms with Crippen LogP contribution in [0.5, 0.6) is 0 Å². The average Bonchev–Trinajstić information content (AvgIpc) is 3.58. The number of urea groups is 1. The van der Waals surface area contributed by atoms with E-state index in [0.717, 1.165) is 30.6 Å². The zero-order valence-corrected chi connectivity index (χ0v) is 24.9. The number of unbranched alkanes of at least 4 members (excludes halogenated alkanes) is 2. The molecule has 0 aliphatic carbocycles. The minimum Gasteiger partial charge on any atom is -0.356 e. The molecule has 3 heterocycles. The van der Waals surface area contributed by atoms with Gasteiger partial charge in [-0.1, -0.05) is 36.8 Å². The lowest BCUT2D eigenvalue weighted by atomic mass is 10.0. The van der Waals surface area contributed by atoms with Gasteiger partial charge >= 0.3 is 6.03 Å². The van der Waals surface area contributed by atoms with E-state index in [0.29, 0.717) is 49.3 Å². The molecule has 2 aliphatic heterocycles. The maximum Gasteiger partial charge on any atom is 0.315 e. The Bertz CT molecular complexity index is 1230. The SMILES string of the molecule is O=C[C@H](CCCCNC(=O)CCCC[C@@H]1SC[C@@H]2NC(=O)N[C@@H]21)NC(=O)[C@H](Cc1ccccc1)NC(=O)c1cccnc1. The maximum absolute atomic E-state index is 13.2. The topological polar surface area (TPSA) is 158 Å². The molecule has 0 radical (unpaired) electrons. The van der Waals surface area contributed by atoms with Gasteiger partial charge in [-0.2, -0.15) is 11.8 Å². The number of benzene rings is 1. The first-order valence-electron chi connectivity index (χ1n) is 14.9. The second-order valence-corrected chi connectivity index (χ2v) is 12.2. The normalized spacial score (nSPS) is 20.2. The number of carbonyl (C=O) groups is 5. The number of hydrogen-bond acceptors (Lipinski definition) is 7. The van der Waals surface area contributed by atoms with Crippen LogP contribution in [-0.4, -0.2) is 76.7 Å². The smallest absolute Gasteiger partial charge is 0.315 e. The lowest BCUT2D eigenvalue weighted by Gasteiger charge is -2.21. The summed E-state index contributed by atoms with van der Waals surface area (Å²) >= 11 is 1.88. The van der Waals surface area contributed by atoms with Crippen LogP contribution in [0, 0.1) is 0 Å². The Labute approximate surface area is 256 Å². The van der Waals surface area contributed by atoms with Crippen LogP contribution >= 0.6 is 11.8 Å². The summed E-state index contributed by atoms with van der Waals surface area (Å²) in [5, 5.41) is 14.8. The first-order valence-corrected chi connectivity index (χ1v) is 15.9. The van der Waals surface area contributed by atoms with Gasteiger partial charge in [0.05, 0.1) is 23.7 Å². The molecule has 0 bridgehead atoms. The number of thioether (sulfide) groups is 1. The largest absolute Gasteiger partial charge is 0.356 e. The van der Waals surface area contributed by atoms with Crippen LogP contribution in [0.1, 0.15) is 60.9 Å². The molecule has 43 heavy (non-hydrogen) atoms. The summed E-state index contributed by atoms with van der Waals surface area (Å²) in [6.45, 7) is 0.496. The zero-order chi connectivity index (χ0) is 30.4. The van der Waals surface area contributed by atoms with E-state index in [1.165, 1.54) is 6.20 Å². The minimum absolute atomic E-state index is 0.00105. The highest BCUT2D eigenvalue weighted by atomic mass is 32.2. The monoisotopic (exact) mass is 608 g/mol. The minimum atomic E-state index is -0.876. The van der Waals surface area contributed by atoms with Crippen LogP contribution < -0.4 is 26.6 Å². The fraction of sp³-hybridized carbons (Fsp3) is 0.484. The predicted molar refractivity (Wildman–Crippen MR) is 164 cm³/mol. The molecule has 0 saturated carbocycles. The lowest BCUT2D eigenvalue weighted by molar-refractivity contribution is -0.125. The molecule has 0 unspecified atom stereocenters. The standard InChI is InChI=1S/C31H40N6O5S/c38-19-23(12-6-7-16-33-27(39)14-5-4-13-26-28-25(20-43-26)36-31(42)37-28)34-30(41)24(17-21-9-2-1-3-10-21)35-29(40)22-11-8-15-32-18-22/h1-3,8-11,15,18-19,23-26,28H,4-7,12-14,16-17,20H2,(H,33,39)(H,34,41)(H,35,40)(H2,36,37,42)/t23-,24-,25-,26-,28-/m0/s1. The Hall–Kier alpha value is -3.93. The molecule has 2 aliphatic rings. The zero-order valence-electron chi connectivity index (χ0n) is 24.1. The summed E-state index contributed by atoms with van der Waals surface area (Å²) in [6.07, 6.45) is 8.85. The third-order valence-corrected chi connectivity index (χ3v) is 9.17. The van der Waals surface area contributed by atoms with Gasteiger partial charge in [0.25, 0.3) is 5.91 Å². The third kappa shape index (κ3) is 10.1. The molecule has 5 N–H and O–H groups in total. The molecule has 4 rings (SSSR count). The summed E-state index contributed by atoms with van der Waals surface area (Å²) in [5.41, 5.74) is 1.21. The molecule has 5 amide bonds. The van der Waals surface area contributed by atoms with Crippen molar-refractivity contribution in [2.24, 2.45) is 0 Å². The lowest BCUT2D eigenvalue weighted by Crippen LogP contribution is -2.51. The number of aldehydes is 1. The van der Waals surface area contributed by atoms with Gasteiger partial charge in [0.15, 0.2) is 0 Å². The first kappa shape index (κ1) is 32.0. The molecular weight excluding hydrogens is 568 g/mol. The van der Waals surface area contributed by atoms with Crippen molar-refractivity contribution in [3.8, 4) is 0 Å².